The van der Waals surface area contributed by atoms with Crippen LogP contribution in [0.1, 0.15) is 24.6 Å². The SMILES string of the molecule is CN(C)C(=O)Cn1c(SCC(=O)O)nnc1C1CC1. The Morgan fingerprint density at radius 2 is 2.11 bits per heavy atom. The van der Waals surface area contributed by atoms with Crippen LogP contribution in [0.2, 0.25) is 0 Å². The zero-order valence-electron chi connectivity index (χ0n) is 10.9. The number of aliphatic carboxylic acids is 1. The van der Waals surface area contributed by atoms with Crippen LogP contribution in [0.15, 0.2) is 5.16 Å². The number of rotatable bonds is 6. The Bertz CT molecular complexity index is 496. The summed E-state index contributed by atoms with van der Waals surface area (Å²) in [4.78, 5) is 23.9. The Labute approximate surface area is 115 Å². The summed E-state index contributed by atoms with van der Waals surface area (Å²) in [5.74, 6) is 0.106. The number of thioether (sulfide) groups is 1. The summed E-state index contributed by atoms with van der Waals surface area (Å²) in [7, 11) is 3.38. The lowest BCUT2D eigenvalue weighted by Gasteiger charge is -2.13. The van der Waals surface area contributed by atoms with Gasteiger partial charge in [-0.05, 0) is 12.8 Å². The van der Waals surface area contributed by atoms with Crippen LogP contribution in [0.4, 0.5) is 0 Å². The van der Waals surface area contributed by atoms with Gasteiger partial charge in [0.25, 0.3) is 0 Å². The molecular weight excluding hydrogens is 268 g/mol. The summed E-state index contributed by atoms with van der Waals surface area (Å²) in [6, 6.07) is 0. The highest BCUT2D eigenvalue weighted by atomic mass is 32.2. The average molecular weight is 284 g/mol. The number of carbonyl (C=O) groups excluding carboxylic acids is 1. The highest BCUT2D eigenvalue weighted by Gasteiger charge is 2.31. The van der Waals surface area contributed by atoms with Gasteiger partial charge in [-0.2, -0.15) is 0 Å². The van der Waals surface area contributed by atoms with Gasteiger partial charge in [0.2, 0.25) is 5.91 Å². The van der Waals surface area contributed by atoms with E-state index in [-0.39, 0.29) is 18.2 Å². The number of likely N-dealkylation sites (N-methyl/N-ethyl adjacent to an activating group) is 1. The van der Waals surface area contributed by atoms with Crippen LogP contribution >= 0.6 is 11.8 Å². The van der Waals surface area contributed by atoms with Crippen LogP contribution in [0.25, 0.3) is 0 Å². The van der Waals surface area contributed by atoms with E-state index in [0.29, 0.717) is 11.1 Å². The van der Waals surface area contributed by atoms with Crippen molar-refractivity contribution in [3.05, 3.63) is 5.82 Å². The molecule has 0 atom stereocenters. The molecule has 0 bridgehead atoms. The first-order valence-electron chi connectivity index (χ1n) is 5.97. The molecule has 7 nitrogen and oxygen atoms in total. The fraction of sp³-hybridized carbons (Fsp3) is 0.636. The molecule has 1 aliphatic rings. The van der Waals surface area contributed by atoms with Crippen molar-refractivity contribution in [1.82, 2.24) is 19.7 Å². The smallest absolute Gasteiger partial charge is 0.313 e. The molecule has 1 saturated carbocycles. The lowest BCUT2D eigenvalue weighted by atomic mass is 10.4. The van der Waals surface area contributed by atoms with Gasteiger partial charge >= 0.3 is 5.97 Å². The summed E-state index contributed by atoms with van der Waals surface area (Å²) >= 11 is 1.09. The lowest BCUT2D eigenvalue weighted by Crippen LogP contribution is -2.27. The van der Waals surface area contributed by atoms with Gasteiger partial charge in [0.1, 0.15) is 12.4 Å². The fourth-order valence-electron chi connectivity index (χ4n) is 1.60. The number of amides is 1. The number of aromatic nitrogens is 3. The Morgan fingerprint density at radius 1 is 1.42 bits per heavy atom. The summed E-state index contributed by atoms with van der Waals surface area (Å²) in [5.41, 5.74) is 0. The van der Waals surface area contributed by atoms with E-state index < -0.39 is 5.97 Å². The van der Waals surface area contributed by atoms with Crippen LogP contribution in [0.5, 0.6) is 0 Å². The summed E-state index contributed by atoms with van der Waals surface area (Å²) in [6.45, 7) is 0.161. The molecule has 0 aliphatic heterocycles. The minimum absolute atomic E-state index is 0.0566. The first-order chi connectivity index (χ1) is 8.99. The van der Waals surface area contributed by atoms with E-state index >= 15 is 0 Å². The number of carboxylic acid groups (broad SMARTS) is 1. The van der Waals surface area contributed by atoms with E-state index in [1.165, 1.54) is 4.90 Å². The molecule has 19 heavy (non-hydrogen) atoms. The molecule has 2 rings (SSSR count). The molecule has 0 radical (unpaired) electrons. The summed E-state index contributed by atoms with van der Waals surface area (Å²) < 4.78 is 1.74. The van der Waals surface area contributed by atoms with Crippen molar-refractivity contribution in [2.75, 3.05) is 19.8 Å². The fourth-order valence-corrected chi connectivity index (χ4v) is 2.27. The molecule has 0 spiro atoms. The van der Waals surface area contributed by atoms with E-state index in [1.54, 1.807) is 18.7 Å². The van der Waals surface area contributed by atoms with Crippen LogP contribution in [0, 0.1) is 0 Å². The molecule has 1 aliphatic carbocycles. The van der Waals surface area contributed by atoms with Gasteiger partial charge in [0.05, 0.1) is 5.75 Å². The van der Waals surface area contributed by atoms with Crippen molar-refractivity contribution in [2.24, 2.45) is 0 Å². The van der Waals surface area contributed by atoms with Gasteiger partial charge in [-0.15, -0.1) is 10.2 Å². The van der Waals surface area contributed by atoms with E-state index in [4.69, 9.17) is 5.11 Å². The summed E-state index contributed by atoms with van der Waals surface area (Å²) in [5, 5.41) is 17.3. The molecule has 1 N–H and O–H groups in total. The molecule has 1 fully saturated rings. The van der Waals surface area contributed by atoms with E-state index in [2.05, 4.69) is 10.2 Å². The zero-order valence-corrected chi connectivity index (χ0v) is 11.7. The third-order valence-electron chi connectivity index (χ3n) is 2.80. The molecular formula is C11H16N4O3S. The van der Waals surface area contributed by atoms with Crippen LogP contribution < -0.4 is 0 Å². The second kappa shape index (κ2) is 5.60. The monoisotopic (exact) mass is 284 g/mol. The molecule has 1 amide bonds. The molecule has 0 saturated heterocycles. The normalized spacial score (nSPS) is 14.4. The second-order valence-corrected chi connectivity index (χ2v) is 5.61. The standard InChI is InChI=1S/C11H16N4O3S/c1-14(2)8(16)5-15-10(7-3-4-7)12-13-11(15)19-6-9(17)18/h7H,3-6H2,1-2H3,(H,17,18). The molecule has 0 aromatic carbocycles. The lowest BCUT2D eigenvalue weighted by molar-refractivity contribution is -0.134. The third kappa shape index (κ3) is 3.46. The van der Waals surface area contributed by atoms with E-state index in [0.717, 1.165) is 30.4 Å². The van der Waals surface area contributed by atoms with E-state index in [9.17, 15) is 9.59 Å². The Kier molecular flexibility index (Phi) is 4.08. The Hall–Kier alpha value is -1.57. The van der Waals surface area contributed by atoms with Crippen molar-refractivity contribution in [2.45, 2.75) is 30.5 Å². The second-order valence-electron chi connectivity index (χ2n) is 4.67. The summed E-state index contributed by atoms with van der Waals surface area (Å²) in [6.07, 6.45) is 2.11. The molecule has 104 valence electrons. The number of hydrogen-bond donors (Lipinski definition) is 1. The van der Waals surface area contributed by atoms with Crippen LogP contribution in [0.3, 0.4) is 0 Å². The number of hydrogen-bond acceptors (Lipinski definition) is 5. The van der Waals surface area contributed by atoms with Crippen LogP contribution in [-0.2, 0) is 16.1 Å². The zero-order chi connectivity index (χ0) is 14.0. The minimum Gasteiger partial charge on any atom is -0.481 e. The maximum Gasteiger partial charge on any atom is 0.313 e. The van der Waals surface area contributed by atoms with Crippen molar-refractivity contribution in [1.29, 1.82) is 0 Å². The van der Waals surface area contributed by atoms with Gasteiger partial charge in [-0.3, -0.25) is 14.2 Å². The Balaban J connectivity index is 2.17. The average Bonchev–Trinajstić information content (AvgIpc) is 3.10. The van der Waals surface area contributed by atoms with Crippen LogP contribution in [-0.4, -0.2) is 56.5 Å². The number of carbonyl (C=O) groups is 2. The molecule has 8 heteroatoms. The van der Waals surface area contributed by atoms with Gasteiger partial charge in [0, 0.05) is 20.0 Å². The van der Waals surface area contributed by atoms with Gasteiger partial charge in [0.15, 0.2) is 5.16 Å². The van der Waals surface area contributed by atoms with Gasteiger partial charge < -0.3 is 10.0 Å². The number of carboxylic acids is 1. The molecule has 1 heterocycles. The maximum atomic E-state index is 11.8. The largest absolute Gasteiger partial charge is 0.481 e. The highest BCUT2D eigenvalue weighted by molar-refractivity contribution is 7.99. The van der Waals surface area contributed by atoms with Crippen molar-refractivity contribution in [3.63, 3.8) is 0 Å². The van der Waals surface area contributed by atoms with E-state index in [1.807, 2.05) is 0 Å². The first-order valence-corrected chi connectivity index (χ1v) is 6.95. The predicted molar refractivity (Wildman–Crippen MR) is 69.1 cm³/mol. The molecule has 1 aromatic heterocycles. The van der Waals surface area contributed by atoms with Gasteiger partial charge in [-0.25, -0.2) is 0 Å². The number of nitrogens with zero attached hydrogens (tertiary/aromatic N) is 4. The van der Waals surface area contributed by atoms with Gasteiger partial charge in [-0.1, -0.05) is 11.8 Å². The quantitative estimate of drug-likeness (QED) is 0.762. The first kappa shape index (κ1) is 13.9. The minimum atomic E-state index is -0.911. The van der Waals surface area contributed by atoms with Crippen molar-refractivity contribution < 1.29 is 14.7 Å². The van der Waals surface area contributed by atoms with Crippen molar-refractivity contribution in [3.8, 4) is 0 Å². The predicted octanol–water partition coefficient (Wildman–Crippen LogP) is 0.420. The molecule has 0 unspecified atom stereocenters. The third-order valence-corrected chi connectivity index (χ3v) is 3.76. The highest BCUT2D eigenvalue weighted by Crippen LogP contribution is 2.40. The topological polar surface area (TPSA) is 88.3 Å². The Morgan fingerprint density at radius 3 is 2.63 bits per heavy atom. The molecule has 1 aromatic rings. The van der Waals surface area contributed by atoms with Crippen molar-refractivity contribution >= 4 is 23.6 Å². The maximum absolute atomic E-state index is 11.8.